The highest BCUT2D eigenvalue weighted by molar-refractivity contribution is 6.35. The Morgan fingerprint density at radius 3 is 2.37 bits per heavy atom. The van der Waals surface area contributed by atoms with Gasteiger partial charge in [0.05, 0.1) is 6.42 Å². The number of hydrogen-bond acceptors (Lipinski definition) is 2. The Labute approximate surface area is 218 Å². The van der Waals surface area contributed by atoms with E-state index in [9.17, 15) is 9.59 Å². The maximum atomic E-state index is 13.8. The molecule has 184 valence electrons. The second-order valence-corrected chi connectivity index (χ2v) is 9.70. The average Bonchev–Trinajstić information content (AvgIpc) is 2.83. The topological polar surface area (TPSA) is 49.4 Å². The van der Waals surface area contributed by atoms with Crippen LogP contribution < -0.4 is 5.32 Å². The van der Waals surface area contributed by atoms with Crippen LogP contribution >= 0.6 is 23.2 Å². The number of hydrogen-bond donors (Lipinski definition) is 1. The molecule has 35 heavy (non-hydrogen) atoms. The average molecular weight is 511 g/mol. The number of amides is 2. The number of nitrogens with one attached hydrogen (secondary N) is 1. The molecule has 6 heteroatoms. The highest BCUT2D eigenvalue weighted by Gasteiger charge is 2.31. The minimum Gasteiger partial charge on any atom is -0.354 e. The zero-order valence-electron chi connectivity index (χ0n) is 20.5. The molecule has 1 N–H and O–H groups in total. The molecule has 0 saturated heterocycles. The largest absolute Gasteiger partial charge is 0.354 e. The van der Waals surface area contributed by atoms with E-state index in [0.717, 1.165) is 34.2 Å². The monoisotopic (exact) mass is 510 g/mol. The highest BCUT2D eigenvalue weighted by Crippen LogP contribution is 2.25. The quantitative estimate of drug-likeness (QED) is 0.346. The van der Waals surface area contributed by atoms with Crippen molar-refractivity contribution in [2.24, 2.45) is 0 Å². The Morgan fingerprint density at radius 2 is 1.69 bits per heavy atom. The molecule has 3 rings (SSSR count). The van der Waals surface area contributed by atoms with E-state index >= 15 is 0 Å². The summed E-state index contributed by atoms with van der Waals surface area (Å²) in [4.78, 5) is 28.9. The first-order chi connectivity index (χ1) is 16.8. The lowest BCUT2D eigenvalue weighted by atomic mass is 9.99. The summed E-state index contributed by atoms with van der Waals surface area (Å²) in [5.74, 6) is -0.299. The van der Waals surface area contributed by atoms with Crippen molar-refractivity contribution in [3.05, 3.63) is 105 Å². The van der Waals surface area contributed by atoms with Crippen LogP contribution in [-0.2, 0) is 29.0 Å². The van der Waals surface area contributed by atoms with Crippen LogP contribution in [0, 0.1) is 13.8 Å². The number of nitrogens with zero attached hydrogens (tertiary/aromatic N) is 1. The third kappa shape index (κ3) is 7.58. The van der Waals surface area contributed by atoms with Gasteiger partial charge in [-0.2, -0.15) is 0 Å². The van der Waals surface area contributed by atoms with Crippen LogP contribution in [0.1, 0.15) is 41.2 Å². The van der Waals surface area contributed by atoms with Crippen LogP contribution in [0.5, 0.6) is 0 Å². The van der Waals surface area contributed by atoms with Gasteiger partial charge in [0.25, 0.3) is 0 Å². The van der Waals surface area contributed by atoms with Crippen LogP contribution in [0.4, 0.5) is 0 Å². The lowest BCUT2D eigenvalue weighted by Crippen LogP contribution is -2.51. The Bertz CT molecular complexity index is 1160. The van der Waals surface area contributed by atoms with Crippen molar-refractivity contribution in [3.63, 3.8) is 0 Å². The smallest absolute Gasteiger partial charge is 0.243 e. The van der Waals surface area contributed by atoms with Gasteiger partial charge in [-0.25, -0.2) is 0 Å². The van der Waals surface area contributed by atoms with Crippen LogP contribution in [0.2, 0.25) is 10.0 Å². The van der Waals surface area contributed by atoms with Crippen molar-refractivity contribution >= 4 is 35.0 Å². The van der Waals surface area contributed by atoms with Gasteiger partial charge in [-0.3, -0.25) is 9.59 Å². The number of halogens is 2. The molecular formula is C29H32Cl2N2O2. The summed E-state index contributed by atoms with van der Waals surface area (Å²) >= 11 is 12.6. The molecule has 0 aliphatic rings. The highest BCUT2D eigenvalue weighted by atomic mass is 35.5. The summed E-state index contributed by atoms with van der Waals surface area (Å²) in [6.07, 6.45) is 1.41. The summed E-state index contributed by atoms with van der Waals surface area (Å²) in [5.41, 5.74) is 4.81. The molecule has 3 aromatic carbocycles. The van der Waals surface area contributed by atoms with E-state index in [1.807, 2.05) is 75.4 Å². The maximum absolute atomic E-state index is 13.8. The van der Waals surface area contributed by atoms with E-state index in [2.05, 4.69) is 5.32 Å². The van der Waals surface area contributed by atoms with Crippen molar-refractivity contribution in [2.45, 2.75) is 52.6 Å². The van der Waals surface area contributed by atoms with Crippen LogP contribution in [-0.4, -0.2) is 29.3 Å². The number of benzene rings is 3. The van der Waals surface area contributed by atoms with Crippen LogP contribution in [0.3, 0.4) is 0 Å². The third-order valence-electron chi connectivity index (χ3n) is 6.02. The molecule has 0 bridgehead atoms. The molecule has 1 atom stereocenters. The molecule has 2 amide bonds. The minimum atomic E-state index is -0.687. The maximum Gasteiger partial charge on any atom is 0.243 e. The Morgan fingerprint density at radius 1 is 0.943 bits per heavy atom. The molecule has 4 nitrogen and oxygen atoms in total. The Hall–Kier alpha value is -2.82. The molecule has 0 aromatic heterocycles. The van der Waals surface area contributed by atoms with Gasteiger partial charge in [-0.05, 0) is 54.7 Å². The molecule has 0 saturated carbocycles. The number of carbonyl (C=O) groups excluding carboxylic acids is 2. The van der Waals surface area contributed by atoms with Gasteiger partial charge in [0.1, 0.15) is 6.04 Å². The predicted molar refractivity (Wildman–Crippen MR) is 144 cm³/mol. The standard InChI is InChI=1S/C29H32Cl2N2O2/c1-4-14-32-29(35)27(16-22-8-6-5-7-9-22)33(19-23-12-13-25(30)18-26(23)31)28(34)17-24-15-20(2)10-11-21(24)3/h5-13,15,18,27H,4,14,16-17,19H2,1-3H3,(H,32,35)/t27-/m1/s1. The van der Waals surface area contributed by atoms with Gasteiger partial charge in [0.15, 0.2) is 0 Å². The zero-order chi connectivity index (χ0) is 25.4. The molecule has 0 aliphatic carbocycles. The first kappa shape index (κ1) is 26.8. The lowest BCUT2D eigenvalue weighted by molar-refractivity contribution is -0.140. The number of carbonyl (C=O) groups is 2. The van der Waals surface area contributed by atoms with Crippen molar-refractivity contribution < 1.29 is 9.59 Å². The minimum absolute atomic E-state index is 0.128. The van der Waals surface area contributed by atoms with Gasteiger partial charge < -0.3 is 10.2 Å². The summed E-state index contributed by atoms with van der Waals surface area (Å²) in [5, 5.41) is 3.98. The first-order valence-corrected chi connectivity index (χ1v) is 12.6. The zero-order valence-corrected chi connectivity index (χ0v) is 22.0. The van der Waals surface area contributed by atoms with Gasteiger partial charge in [0.2, 0.25) is 11.8 Å². The van der Waals surface area contributed by atoms with Crippen molar-refractivity contribution in [1.82, 2.24) is 10.2 Å². The Balaban J connectivity index is 2.01. The van der Waals surface area contributed by atoms with Gasteiger partial charge in [0, 0.05) is 29.6 Å². The fraction of sp³-hybridized carbons (Fsp3) is 0.310. The fourth-order valence-corrected chi connectivity index (χ4v) is 4.48. The van der Waals surface area contributed by atoms with Gasteiger partial charge in [-0.15, -0.1) is 0 Å². The number of rotatable bonds is 10. The molecule has 3 aromatic rings. The molecule has 0 radical (unpaired) electrons. The SMILES string of the molecule is CCCNC(=O)[C@@H](Cc1ccccc1)N(Cc1ccc(Cl)cc1Cl)C(=O)Cc1cc(C)ccc1C. The summed E-state index contributed by atoms with van der Waals surface area (Å²) in [6.45, 7) is 6.76. The summed E-state index contributed by atoms with van der Waals surface area (Å²) in [6, 6.07) is 20.4. The molecule has 0 fully saturated rings. The van der Waals surface area contributed by atoms with Gasteiger partial charge >= 0.3 is 0 Å². The number of aryl methyl sites for hydroxylation is 2. The molecule has 0 heterocycles. The van der Waals surface area contributed by atoms with Crippen LogP contribution in [0.25, 0.3) is 0 Å². The Kier molecular flexibility index (Phi) is 9.76. The van der Waals surface area contributed by atoms with Gasteiger partial charge in [-0.1, -0.05) is 90.3 Å². The molecule has 0 spiro atoms. The normalized spacial score (nSPS) is 11.7. The second-order valence-electron chi connectivity index (χ2n) is 8.86. The summed E-state index contributed by atoms with van der Waals surface area (Å²) < 4.78 is 0. The van der Waals surface area contributed by atoms with E-state index in [-0.39, 0.29) is 24.8 Å². The summed E-state index contributed by atoms with van der Waals surface area (Å²) in [7, 11) is 0. The van der Waals surface area contributed by atoms with Crippen molar-refractivity contribution in [3.8, 4) is 0 Å². The van der Waals surface area contributed by atoms with E-state index in [1.165, 1.54) is 0 Å². The van der Waals surface area contributed by atoms with E-state index in [0.29, 0.717) is 23.0 Å². The van der Waals surface area contributed by atoms with E-state index in [4.69, 9.17) is 23.2 Å². The van der Waals surface area contributed by atoms with Crippen molar-refractivity contribution in [2.75, 3.05) is 6.54 Å². The third-order valence-corrected chi connectivity index (χ3v) is 6.61. The lowest BCUT2D eigenvalue weighted by Gasteiger charge is -2.32. The van der Waals surface area contributed by atoms with E-state index < -0.39 is 6.04 Å². The predicted octanol–water partition coefficient (Wildman–Crippen LogP) is 6.32. The molecule has 0 aliphatic heterocycles. The first-order valence-electron chi connectivity index (χ1n) is 11.9. The fourth-order valence-electron chi connectivity index (χ4n) is 4.01. The van der Waals surface area contributed by atoms with Crippen LogP contribution in [0.15, 0.2) is 66.7 Å². The second kappa shape index (κ2) is 12.8. The molecule has 0 unspecified atom stereocenters. The molecular weight excluding hydrogens is 479 g/mol. The van der Waals surface area contributed by atoms with Crippen molar-refractivity contribution in [1.29, 1.82) is 0 Å². The van der Waals surface area contributed by atoms with E-state index in [1.54, 1.807) is 17.0 Å².